The summed E-state index contributed by atoms with van der Waals surface area (Å²) >= 11 is 5.07. The van der Waals surface area contributed by atoms with Crippen molar-refractivity contribution in [2.75, 3.05) is 5.73 Å². The topological polar surface area (TPSA) is 104 Å². The number of aromatic nitrogens is 1. The van der Waals surface area contributed by atoms with E-state index in [4.69, 9.17) is 10.9 Å². The highest BCUT2D eigenvalue weighted by atomic mass is 79.9. The van der Waals surface area contributed by atoms with Gasteiger partial charge in [0.25, 0.3) is 5.91 Å². The first-order valence-corrected chi connectivity index (χ1v) is 11.8. The van der Waals surface area contributed by atoms with Crippen molar-refractivity contribution in [3.8, 4) is 0 Å². The molecule has 3 aromatic carbocycles. The maximum absolute atomic E-state index is 11.6. The molecule has 1 unspecified atom stereocenters. The molecule has 5 N–H and O–H groups in total. The van der Waals surface area contributed by atoms with Crippen molar-refractivity contribution in [3.63, 3.8) is 0 Å². The number of benzene rings is 3. The van der Waals surface area contributed by atoms with Crippen molar-refractivity contribution in [1.82, 2.24) is 20.9 Å². The Morgan fingerprint density at radius 1 is 1.15 bits per heavy atom. The Labute approximate surface area is 202 Å². The molecule has 9 heteroatoms. The Bertz CT molecular complexity index is 1370. The number of anilines is 1. The van der Waals surface area contributed by atoms with Crippen LogP contribution >= 0.6 is 27.3 Å². The number of amides is 1. The summed E-state index contributed by atoms with van der Waals surface area (Å²) in [7, 11) is 0. The van der Waals surface area contributed by atoms with Crippen LogP contribution in [0.5, 0.6) is 0 Å². The maximum atomic E-state index is 11.6. The summed E-state index contributed by atoms with van der Waals surface area (Å²) in [6.45, 7) is 0.586. The molecule has 1 aliphatic rings. The number of carbonyl (C=O) groups is 1. The Hall–Kier alpha value is -3.24. The van der Waals surface area contributed by atoms with Crippen LogP contribution in [0, 0.1) is 0 Å². The third kappa shape index (κ3) is 4.11. The van der Waals surface area contributed by atoms with Gasteiger partial charge >= 0.3 is 0 Å². The molecule has 1 amide bonds. The van der Waals surface area contributed by atoms with Crippen molar-refractivity contribution in [1.29, 1.82) is 0 Å². The first kappa shape index (κ1) is 21.6. The lowest BCUT2D eigenvalue weighted by atomic mass is 9.84. The molecule has 2 heterocycles. The van der Waals surface area contributed by atoms with E-state index >= 15 is 0 Å². The van der Waals surface area contributed by atoms with Crippen LogP contribution in [-0.4, -0.2) is 21.1 Å². The smallest absolute Gasteiger partial charge is 0.274 e. The molecule has 0 aliphatic carbocycles. The number of rotatable bonds is 5. The highest BCUT2D eigenvalue weighted by Crippen LogP contribution is 2.38. The monoisotopic (exact) mass is 521 g/mol. The molecule has 0 fully saturated rings. The SMILES string of the molecule is Nc1nc2ccc(C3(c4cccc(Br)c4)C=CN(Cc4ccc(C(=O)NO)cc4)N3)cc2s1. The number of carbonyl (C=O) groups excluding carboxylic acids is 1. The lowest BCUT2D eigenvalue weighted by Gasteiger charge is -2.32. The summed E-state index contributed by atoms with van der Waals surface area (Å²) in [5, 5.41) is 11.4. The minimum absolute atomic E-state index is 0.395. The van der Waals surface area contributed by atoms with E-state index in [1.165, 1.54) is 11.3 Å². The van der Waals surface area contributed by atoms with Crippen molar-refractivity contribution >= 4 is 48.5 Å². The minimum Gasteiger partial charge on any atom is -0.375 e. The molecule has 1 atom stereocenters. The number of hydrogen-bond acceptors (Lipinski definition) is 7. The zero-order valence-corrected chi connectivity index (χ0v) is 19.7. The molecule has 5 rings (SSSR count). The van der Waals surface area contributed by atoms with Crippen LogP contribution < -0.4 is 16.6 Å². The number of nitrogen functional groups attached to an aromatic ring is 1. The van der Waals surface area contributed by atoms with Gasteiger partial charge in [-0.3, -0.25) is 10.0 Å². The number of hydrogen-bond donors (Lipinski definition) is 4. The first-order valence-electron chi connectivity index (χ1n) is 10.2. The summed E-state index contributed by atoms with van der Waals surface area (Å²) in [6, 6.07) is 21.5. The largest absolute Gasteiger partial charge is 0.375 e. The van der Waals surface area contributed by atoms with E-state index in [0.29, 0.717) is 17.2 Å². The van der Waals surface area contributed by atoms with Crippen LogP contribution in [0.2, 0.25) is 0 Å². The van der Waals surface area contributed by atoms with Crippen molar-refractivity contribution in [3.05, 3.63) is 106 Å². The second-order valence-electron chi connectivity index (χ2n) is 7.75. The number of nitrogens with one attached hydrogen (secondary N) is 2. The van der Waals surface area contributed by atoms with Gasteiger partial charge in [-0.1, -0.05) is 57.6 Å². The predicted molar refractivity (Wildman–Crippen MR) is 132 cm³/mol. The van der Waals surface area contributed by atoms with E-state index in [-0.39, 0.29) is 0 Å². The number of halogens is 1. The molecule has 4 aromatic rings. The van der Waals surface area contributed by atoms with Gasteiger partial charge in [0.05, 0.1) is 16.8 Å². The number of hydroxylamine groups is 1. The van der Waals surface area contributed by atoms with Crippen LogP contribution in [0.1, 0.15) is 27.0 Å². The van der Waals surface area contributed by atoms with Gasteiger partial charge in [-0.05, 0) is 59.2 Å². The maximum Gasteiger partial charge on any atom is 0.274 e. The third-order valence-corrected chi connectivity index (χ3v) is 6.98. The minimum atomic E-state index is -0.576. The molecule has 0 radical (unpaired) electrons. The zero-order chi connectivity index (χ0) is 23.0. The molecule has 33 heavy (non-hydrogen) atoms. The van der Waals surface area contributed by atoms with Crippen molar-refractivity contribution in [2.45, 2.75) is 12.1 Å². The van der Waals surface area contributed by atoms with Gasteiger partial charge in [0.2, 0.25) is 0 Å². The third-order valence-electron chi connectivity index (χ3n) is 5.64. The fourth-order valence-corrected chi connectivity index (χ4v) is 5.20. The van der Waals surface area contributed by atoms with Gasteiger partial charge in [0, 0.05) is 16.2 Å². The average molecular weight is 522 g/mol. The molecule has 0 bridgehead atoms. The molecule has 0 saturated heterocycles. The first-order chi connectivity index (χ1) is 16.0. The predicted octanol–water partition coefficient (Wildman–Crippen LogP) is 4.54. The lowest BCUT2D eigenvalue weighted by Crippen LogP contribution is -2.44. The summed E-state index contributed by atoms with van der Waals surface area (Å²) in [6.07, 6.45) is 4.17. The number of fused-ring (bicyclic) bond motifs is 1. The van der Waals surface area contributed by atoms with Gasteiger partial charge in [0.15, 0.2) is 5.13 Å². The summed E-state index contributed by atoms with van der Waals surface area (Å²) in [5.41, 5.74) is 15.1. The van der Waals surface area contributed by atoms with E-state index in [1.54, 1.807) is 17.6 Å². The summed E-state index contributed by atoms with van der Waals surface area (Å²) < 4.78 is 2.03. The number of nitrogens with zero attached hydrogens (tertiary/aromatic N) is 2. The molecule has 1 aliphatic heterocycles. The summed E-state index contributed by atoms with van der Waals surface area (Å²) in [4.78, 5) is 16.0. The lowest BCUT2D eigenvalue weighted by molar-refractivity contribution is 0.0706. The molecule has 166 valence electrons. The Balaban J connectivity index is 1.48. The van der Waals surface area contributed by atoms with Crippen LogP contribution in [0.25, 0.3) is 10.2 Å². The van der Waals surface area contributed by atoms with E-state index in [1.807, 2.05) is 41.5 Å². The summed E-state index contributed by atoms with van der Waals surface area (Å²) in [5.74, 6) is -0.534. The highest BCUT2D eigenvalue weighted by molar-refractivity contribution is 9.10. The van der Waals surface area contributed by atoms with Gasteiger partial charge < -0.3 is 10.7 Å². The molecule has 7 nitrogen and oxygen atoms in total. The van der Waals surface area contributed by atoms with E-state index < -0.39 is 11.4 Å². The van der Waals surface area contributed by atoms with Crippen LogP contribution in [0.4, 0.5) is 5.13 Å². The molecular formula is C24H20BrN5O2S. The van der Waals surface area contributed by atoms with Crippen LogP contribution in [0.3, 0.4) is 0 Å². The second-order valence-corrected chi connectivity index (χ2v) is 9.72. The van der Waals surface area contributed by atoms with Gasteiger partial charge in [-0.25, -0.2) is 15.9 Å². The van der Waals surface area contributed by atoms with Crippen molar-refractivity contribution in [2.24, 2.45) is 0 Å². The van der Waals surface area contributed by atoms with Crippen LogP contribution in [0.15, 0.2) is 83.5 Å². The number of thiazole rings is 1. The Morgan fingerprint density at radius 3 is 2.70 bits per heavy atom. The number of hydrazine groups is 1. The van der Waals surface area contributed by atoms with E-state index in [2.05, 4.69) is 56.7 Å². The molecular weight excluding hydrogens is 502 g/mol. The molecule has 1 aromatic heterocycles. The molecule has 0 spiro atoms. The van der Waals surface area contributed by atoms with E-state index in [0.717, 1.165) is 31.4 Å². The fourth-order valence-electron chi connectivity index (χ4n) is 4.03. The fraction of sp³-hybridized carbons (Fsp3) is 0.0833. The van der Waals surface area contributed by atoms with Gasteiger partial charge in [-0.15, -0.1) is 0 Å². The van der Waals surface area contributed by atoms with Gasteiger partial charge in [-0.2, -0.15) is 0 Å². The normalized spacial score (nSPS) is 17.6. The zero-order valence-electron chi connectivity index (χ0n) is 17.3. The van der Waals surface area contributed by atoms with Crippen LogP contribution in [-0.2, 0) is 12.1 Å². The quantitative estimate of drug-likeness (QED) is 0.227. The standard InChI is InChI=1S/C24H20BrN5O2S/c25-19-3-1-2-17(12-19)24(18-8-9-20-21(13-18)33-23(26)27-20)10-11-30(29-24)14-15-4-6-16(7-5-15)22(31)28-32/h1-13,29,32H,14H2,(H2,26,27)(H,28,31). The second kappa shape index (κ2) is 8.60. The Kier molecular flexibility index (Phi) is 5.63. The van der Waals surface area contributed by atoms with E-state index in [9.17, 15) is 4.79 Å². The Morgan fingerprint density at radius 2 is 1.94 bits per heavy atom. The molecule has 0 saturated carbocycles. The number of nitrogens with two attached hydrogens (primary N) is 1. The highest BCUT2D eigenvalue weighted by Gasteiger charge is 2.37. The average Bonchev–Trinajstić information content (AvgIpc) is 3.42. The van der Waals surface area contributed by atoms with Crippen molar-refractivity contribution < 1.29 is 10.0 Å². The van der Waals surface area contributed by atoms with Gasteiger partial charge in [0.1, 0.15) is 5.54 Å².